The Hall–Kier alpha value is -1.62. The molecule has 1 saturated heterocycles. The molecule has 1 atom stereocenters. The van der Waals surface area contributed by atoms with Gasteiger partial charge in [0.15, 0.2) is 0 Å². The highest BCUT2D eigenvalue weighted by atomic mass is 15.2. The van der Waals surface area contributed by atoms with Crippen LogP contribution in [0.25, 0.3) is 0 Å². The van der Waals surface area contributed by atoms with E-state index in [1.807, 2.05) is 18.6 Å². The minimum Gasteiger partial charge on any atom is -0.337 e. The molecule has 2 aromatic rings. The van der Waals surface area contributed by atoms with Crippen LogP contribution in [0.1, 0.15) is 24.4 Å². The smallest absolute Gasteiger partial charge is 0.122 e. The standard InChI is InChI=1S/C14H21N5/c1-18-8-6-15-14(18)11-19-7-2-3-12(10-19)9-13-4-5-16-17-13/h4-6,8,12H,2-3,7,9-11H2,1H3,(H,16,17)/t12-/m0/s1. The second-order valence-electron chi connectivity index (χ2n) is 5.48. The lowest BCUT2D eigenvalue weighted by Gasteiger charge is -2.32. The predicted octanol–water partition coefficient (Wildman–Crippen LogP) is 1.60. The Morgan fingerprint density at radius 1 is 1.42 bits per heavy atom. The number of hydrogen-bond donors (Lipinski definition) is 1. The molecule has 1 aliphatic heterocycles. The Morgan fingerprint density at radius 2 is 2.37 bits per heavy atom. The van der Waals surface area contributed by atoms with Crippen LogP contribution in [0.2, 0.25) is 0 Å². The zero-order chi connectivity index (χ0) is 13.1. The average molecular weight is 259 g/mol. The highest BCUT2D eigenvalue weighted by Gasteiger charge is 2.21. The zero-order valence-corrected chi connectivity index (χ0v) is 11.4. The molecule has 2 aromatic heterocycles. The van der Waals surface area contributed by atoms with Gasteiger partial charge in [0.2, 0.25) is 0 Å². The maximum atomic E-state index is 4.42. The van der Waals surface area contributed by atoms with Crippen LogP contribution < -0.4 is 0 Å². The summed E-state index contributed by atoms with van der Waals surface area (Å²) in [5.74, 6) is 1.89. The maximum absolute atomic E-state index is 4.42. The number of H-pyrrole nitrogens is 1. The van der Waals surface area contributed by atoms with Crippen molar-refractivity contribution < 1.29 is 0 Å². The molecule has 5 heteroatoms. The summed E-state index contributed by atoms with van der Waals surface area (Å²) in [4.78, 5) is 6.94. The van der Waals surface area contributed by atoms with Crippen LogP contribution in [0.15, 0.2) is 24.7 Å². The van der Waals surface area contributed by atoms with Gasteiger partial charge in [-0.3, -0.25) is 10.00 Å². The van der Waals surface area contributed by atoms with Gasteiger partial charge in [0.1, 0.15) is 5.82 Å². The van der Waals surface area contributed by atoms with E-state index in [1.54, 1.807) is 0 Å². The molecule has 19 heavy (non-hydrogen) atoms. The fourth-order valence-corrected chi connectivity index (χ4v) is 2.92. The second kappa shape index (κ2) is 5.57. The number of likely N-dealkylation sites (tertiary alicyclic amines) is 1. The van der Waals surface area contributed by atoms with Gasteiger partial charge in [0.05, 0.1) is 6.54 Å². The summed E-state index contributed by atoms with van der Waals surface area (Å²) in [6, 6.07) is 2.08. The molecule has 3 heterocycles. The summed E-state index contributed by atoms with van der Waals surface area (Å²) in [7, 11) is 2.06. The first-order chi connectivity index (χ1) is 9.31. The van der Waals surface area contributed by atoms with Crippen LogP contribution in [-0.2, 0) is 20.0 Å². The lowest BCUT2D eigenvalue weighted by Crippen LogP contribution is -2.36. The molecule has 1 fully saturated rings. The molecule has 0 amide bonds. The maximum Gasteiger partial charge on any atom is 0.122 e. The van der Waals surface area contributed by atoms with Gasteiger partial charge in [-0.25, -0.2) is 4.98 Å². The summed E-state index contributed by atoms with van der Waals surface area (Å²) < 4.78 is 2.11. The first-order valence-electron chi connectivity index (χ1n) is 6.98. The van der Waals surface area contributed by atoms with Gasteiger partial charge in [0, 0.05) is 37.9 Å². The Labute approximate surface area is 113 Å². The molecule has 0 saturated carbocycles. The molecule has 0 aliphatic carbocycles. The highest BCUT2D eigenvalue weighted by Crippen LogP contribution is 2.21. The number of aromatic amines is 1. The van der Waals surface area contributed by atoms with Crippen molar-refractivity contribution in [1.82, 2.24) is 24.6 Å². The molecular weight excluding hydrogens is 238 g/mol. The van der Waals surface area contributed by atoms with Crippen molar-refractivity contribution in [3.63, 3.8) is 0 Å². The zero-order valence-electron chi connectivity index (χ0n) is 11.4. The molecular formula is C14H21N5. The van der Waals surface area contributed by atoms with E-state index in [9.17, 15) is 0 Å². The van der Waals surface area contributed by atoms with Crippen LogP contribution in [0.5, 0.6) is 0 Å². The van der Waals surface area contributed by atoms with E-state index in [1.165, 1.54) is 25.1 Å². The first-order valence-corrected chi connectivity index (χ1v) is 6.98. The van der Waals surface area contributed by atoms with Crippen LogP contribution >= 0.6 is 0 Å². The lowest BCUT2D eigenvalue weighted by molar-refractivity contribution is 0.161. The van der Waals surface area contributed by atoms with Gasteiger partial charge in [-0.2, -0.15) is 5.10 Å². The number of aryl methyl sites for hydroxylation is 1. The summed E-state index contributed by atoms with van der Waals surface area (Å²) >= 11 is 0. The third kappa shape index (κ3) is 3.04. The van der Waals surface area contributed by atoms with E-state index in [0.29, 0.717) is 0 Å². The topological polar surface area (TPSA) is 49.7 Å². The molecule has 0 bridgehead atoms. The molecule has 102 valence electrons. The monoisotopic (exact) mass is 259 g/mol. The third-order valence-corrected chi connectivity index (χ3v) is 3.96. The van der Waals surface area contributed by atoms with E-state index in [2.05, 4.69) is 37.8 Å². The van der Waals surface area contributed by atoms with Gasteiger partial charge in [-0.1, -0.05) is 0 Å². The van der Waals surface area contributed by atoms with E-state index in [4.69, 9.17) is 0 Å². The normalized spacial score (nSPS) is 20.8. The number of piperidine rings is 1. The SMILES string of the molecule is Cn1ccnc1CN1CCC[C@@H](Cc2ccn[nH]2)C1. The molecule has 0 radical (unpaired) electrons. The van der Waals surface area contributed by atoms with Crippen molar-refractivity contribution >= 4 is 0 Å². The number of rotatable bonds is 4. The van der Waals surface area contributed by atoms with Gasteiger partial charge in [-0.05, 0) is 37.8 Å². The van der Waals surface area contributed by atoms with E-state index in [0.717, 1.165) is 31.3 Å². The van der Waals surface area contributed by atoms with Crippen molar-refractivity contribution in [1.29, 1.82) is 0 Å². The summed E-state index contributed by atoms with van der Waals surface area (Å²) in [5.41, 5.74) is 1.25. The lowest BCUT2D eigenvalue weighted by atomic mass is 9.93. The van der Waals surface area contributed by atoms with Crippen molar-refractivity contribution in [2.45, 2.75) is 25.8 Å². The second-order valence-corrected chi connectivity index (χ2v) is 5.48. The molecule has 1 N–H and O–H groups in total. The summed E-state index contributed by atoms with van der Waals surface area (Å²) in [5, 5.41) is 7.10. The van der Waals surface area contributed by atoms with Crippen molar-refractivity contribution in [3.8, 4) is 0 Å². The van der Waals surface area contributed by atoms with E-state index < -0.39 is 0 Å². The Kier molecular flexibility index (Phi) is 3.64. The molecule has 1 aliphatic rings. The average Bonchev–Trinajstić information content (AvgIpc) is 3.03. The van der Waals surface area contributed by atoms with E-state index >= 15 is 0 Å². The number of imidazole rings is 1. The quantitative estimate of drug-likeness (QED) is 0.907. The Bertz CT molecular complexity index is 502. The Balaban J connectivity index is 1.57. The molecule has 3 rings (SSSR count). The predicted molar refractivity (Wildman–Crippen MR) is 73.5 cm³/mol. The fourth-order valence-electron chi connectivity index (χ4n) is 2.92. The van der Waals surface area contributed by atoms with Crippen LogP contribution in [0.4, 0.5) is 0 Å². The number of hydrogen-bond acceptors (Lipinski definition) is 3. The van der Waals surface area contributed by atoms with E-state index in [-0.39, 0.29) is 0 Å². The third-order valence-electron chi connectivity index (χ3n) is 3.96. The van der Waals surface area contributed by atoms with Crippen LogP contribution in [0, 0.1) is 5.92 Å². The molecule has 5 nitrogen and oxygen atoms in total. The summed E-state index contributed by atoms with van der Waals surface area (Å²) in [6.45, 7) is 3.31. The molecule has 0 aromatic carbocycles. The van der Waals surface area contributed by atoms with Gasteiger partial charge in [0.25, 0.3) is 0 Å². The van der Waals surface area contributed by atoms with Crippen LogP contribution in [0.3, 0.4) is 0 Å². The van der Waals surface area contributed by atoms with Gasteiger partial charge >= 0.3 is 0 Å². The number of nitrogens with zero attached hydrogens (tertiary/aromatic N) is 4. The molecule has 0 unspecified atom stereocenters. The van der Waals surface area contributed by atoms with Gasteiger partial charge in [-0.15, -0.1) is 0 Å². The van der Waals surface area contributed by atoms with Crippen molar-refractivity contribution in [2.24, 2.45) is 13.0 Å². The first kappa shape index (κ1) is 12.4. The van der Waals surface area contributed by atoms with Gasteiger partial charge < -0.3 is 4.57 Å². The molecule has 0 spiro atoms. The van der Waals surface area contributed by atoms with Crippen molar-refractivity contribution in [3.05, 3.63) is 36.2 Å². The van der Waals surface area contributed by atoms with Crippen molar-refractivity contribution in [2.75, 3.05) is 13.1 Å². The van der Waals surface area contributed by atoms with Crippen LogP contribution in [-0.4, -0.2) is 37.7 Å². The highest BCUT2D eigenvalue weighted by molar-refractivity contribution is 5.00. The minimum atomic E-state index is 0.731. The Morgan fingerprint density at radius 3 is 3.11 bits per heavy atom. The summed E-state index contributed by atoms with van der Waals surface area (Å²) in [6.07, 6.45) is 9.43. The fraction of sp³-hybridized carbons (Fsp3) is 0.571. The number of nitrogens with one attached hydrogen (secondary N) is 1. The minimum absolute atomic E-state index is 0.731. The number of aromatic nitrogens is 4. The largest absolute Gasteiger partial charge is 0.337 e.